The molecular formula is C18H19ClFN3O. The van der Waals surface area contributed by atoms with Crippen LogP contribution in [0, 0.1) is 5.82 Å². The smallest absolute Gasteiger partial charge is 0.139 e. The van der Waals surface area contributed by atoms with E-state index >= 15 is 0 Å². The fourth-order valence-corrected chi connectivity index (χ4v) is 3.86. The predicted octanol–water partition coefficient (Wildman–Crippen LogP) is 4.59. The molecule has 2 aliphatic rings. The fourth-order valence-electron chi connectivity index (χ4n) is 3.71. The number of nitrogens with zero attached hydrogens (tertiary/aromatic N) is 1. The molecule has 0 atom stereocenters. The van der Waals surface area contributed by atoms with Crippen molar-refractivity contribution in [2.24, 2.45) is 0 Å². The topological polar surface area (TPSA) is 49.9 Å². The van der Waals surface area contributed by atoms with Crippen LogP contribution in [0.5, 0.6) is 0 Å². The van der Waals surface area contributed by atoms with Gasteiger partial charge in [-0.05, 0) is 31.0 Å². The molecule has 1 aliphatic carbocycles. The second-order valence-corrected chi connectivity index (χ2v) is 6.98. The van der Waals surface area contributed by atoms with E-state index in [2.05, 4.69) is 15.4 Å². The molecule has 1 spiro atoms. The normalized spacial score (nSPS) is 21.8. The van der Waals surface area contributed by atoms with Gasteiger partial charge in [-0.1, -0.05) is 30.9 Å². The third-order valence-corrected chi connectivity index (χ3v) is 5.13. The maximum Gasteiger partial charge on any atom is 0.139 e. The highest BCUT2D eigenvalue weighted by atomic mass is 35.5. The summed E-state index contributed by atoms with van der Waals surface area (Å²) in [5.74, 6) is 0.253. The lowest BCUT2D eigenvalue weighted by Gasteiger charge is -2.30. The second-order valence-electron chi connectivity index (χ2n) is 6.54. The molecule has 126 valence electrons. The van der Waals surface area contributed by atoms with Gasteiger partial charge < -0.3 is 4.98 Å². The highest BCUT2D eigenvalue weighted by Gasteiger charge is 2.41. The lowest BCUT2D eigenvalue weighted by atomic mass is 9.81. The second kappa shape index (κ2) is 6.22. The first kappa shape index (κ1) is 15.7. The highest BCUT2D eigenvalue weighted by Crippen LogP contribution is 2.42. The SMILES string of the molecule is Fc1cc(Cl)ccc1/C(=C1/CC2(CCCCC2)ON1)c1ncc[nH]1. The Kier molecular flexibility index (Phi) is 4.06. The third-order valence-electron chi connectivity index (χ3n) is 4.89. The van der Waals surface area contributed by atoms with Gasteiger partial charge >= 0.3 is 0 Å². The van der Waals surface area contributed by atoms with Crippen LogP contribution in [0.1, 0.15) is 49.9 Å². The molecule has 0 amide bonds. The minimum atomic E-state index is -0.368. The number of halogens is 2. The molecule has 2 aromatic rings. The predicted molar refractivity (Wildman–Crippen MR) is 90.7 cm³/mol. The number of H-pyrrole nitrogens is 1. The summed E-state index contributed by atoms with van der Waals surface area (Å²) in [6.07, 6.45) is 9.77. The van der Waals surface area contributed by atoms with Gasteiger partial charge in [0.25, 0.3) is 0 Å². The zero-order valence-electron chi connectivity index (χ0n) is 13.2. The van der Waals surface area contributed by atoms with Crippen LogP contribution < -0.4 is 5.48 Å². The highest BCUT2D eigenvalue weighted by molar-refractivity contribution is 6.30. The van der Waals surface area contributed by atoms with Crippen LogP contribution in [0.25, 0.3) is 5.57 Å². The van der Waals surface area contributed by atoms with Crippen LogP contribution in [-0.2, 0) is 4.84 Å². The molecule has 0 radical (unpaired) electrons. The standard InChI is InChI=1S/C18H19ClFN3O/c19-12-4-5-13(14(20)10-12)16(17-21-8-9-22-17)15-11-18(24-23-15)6-2-1-3-7-18/h4-5,8-10,23H,1-3,6-7,11H2,(H,21,22)/b16-15+. The van der Waals surface area contributed by atoms with Gasteiger partial charge in [-0.3, -0.25) is 10.3 Å². The molecule has 6 heteroatoms. The van der Waals surface area contributed by atoms with Crippen molar-refractivity contribution in [2.75, 3.05) is 0 Å². The third kappa shape index (κ3) is 2.82. The first-order valence-corrected chi connectivity index (χ1v) is 8.67. The number of rotatable bonds is 2. The summed E-state index contributed by atoms with van der Waals surface area (Å²) in [5, 5.41) is 0.374. The summed E-state index contributed by atoms with van der Waals surface area (Å²) in [5.41, 5.74) is 4.93. The summed E-state index contributed by atoms with van der Waals surface area (Å²) in [6, 6.07) is 4.71. The monoisotopic (exact) mass is 347 g/mol. The fraction of sp³-hybridized carbons (Fsp3) is 0.389. The Balaban J connectivity index is 1.79. The zero-order chi connectivity index (χ0) is 16.6. The number of hydrogen-bond acceptors (Lipinski definition) is 3. The Morgan fingerprint density at radius 2 is 2.08 bits per heavy atom. The number of nitrogens with one attached hydrogen (secondary N) is 2. The van der Waals surface area contributed by atoms with E-state index in [4.69, 9.17) is 16.4 Å². The first-order valence-electron chi connectivity index (χ1n) is 8.29. The molecule has 1 aliphatic heterocycles. The minimum absolute atomic E-state index is 0.172. The lowest BCUT2D eigenvalue weighted by molar-refractivity contribution is -0.0722. The molecule has 2 N–H and O–H groups in total. The van der Waals surface area contributed by atoms with E-state index < -0.39 is 0 Å². The van der Waals surface area contributed by atoms with E-state index in [9.17, 15) is 4.39 Å². The Hall–Kier alpha value is -1.85. The van der Waals surface area contributed by atoms with Crippen LogP contribution in [0.15, 0.2) is 36.3 Å². The summed E-state index contributed by atoms with van der Waals surface area (Å²) >= 11 is 5.90. The number of imidazole rings is 1. The Morgan fingerprint density at radius 1 is 1.25 bits per heavy atom. The molecule has 2 heterocycles. The van der Waals surface area contributed by atoms with Crippen LogP contribution in [0.2, 0.25) is 5.02 Å². The van der Waals surface area contributed by atoms with E-state index in [-0.39, 0.29) is 11.4 Å². The molecule has 24 heavy (non-hydrogen) atoms. The van der Waals surface area contributed by atoms with Gasteiger partial charge in [0, 0.05) is 35.0 Å². The zero-order valence-corrected chi connectivity index (χ0v) is 14.0. The molecule has 2 fully saturated rings. The van der Waals surface area contributed by atoms with Crippen molar-refractivity contribution in [1.29, 1.82) is 0 Å². The summed E-state index contributed by atoms with van der Waals surface area (Å²) in [6.45, 7) is 0. The van der Waals surface area contributed by atoms with Crippen molar-refractivity contribution in [3.05, 3.63) is 58.5 Å². The molecule has 4 nitrogen and oxygen atoms in total. The van der Waals surface area contributed by atoms with Crippen LogP contribution >= 0.6 is 11.6 Å². The van der Waals surface area contributed by atoms with E-state index in [1.165, 1.54) is 25.3 Å². The van der Waals surface area contributed by atoms with Crippen molar-refractivity contribution in [1.82, 2.24) is 15.4 Å². The summed E-state index contributed by atoms with van der Waals surface area (Å²) < 4.78 is 14.6. The summed E-state index contributed by atoms with van der Waals surface area (Å²) in [7, 11) is 0. The first-order chi connectivity index (χ1) is 11.7. The molecular weight excluding hydrogens is 329 g/mol. The van der Waals surface area contributed by atoms with Gasteiger partial charge in [0.05, 0.1) is 5.70 Å². The van der Waals surface area contributed by atoms with Crippen molar-refractivity contribution >= 4 is 17.2 Å². The van der Waals surface area contributed by atoms with Gasteiger partial charge in [-0.2, -0.15) is 0 Å². The quantitative estimate of drug-likeness (QED) is 0.835. The van der Waals surface area contributed by atoms with E-state index in [1.54, 1.807) is 24.5 Å². The average molecular weight is 348 g/mol. The minimum Gasteiger partial charge on any atom is -0.345 e. The van der Waals surface area contributed by atoms with Crippen LogP contribution in [-0.4, -0.2) is 15.6 Å². The molecule has 1 aromatic carbocycles. The van der Waals surface area contributed by atoms with Gasteiger partial charge in [0.2, 0.25) is 0 Å². The largest absolute Gasteiger partial charge is 0.345 e. The van der Waals surface area contributed by atoms with Crippen molar-refractivity contribution < 1.29 is 9.23 Å². The van der Waals surface area contributed by atoms with Gasteiger partial charge in [0.1, 0.15) is 17.2 Å². The van der Waals surface area contributed by atoms with Crippen LogP contribution in [0.3, 0.4) is 0 Å². The Labute approximate surface area is 145 Å². The van der Waals surface area contributed by atoms with Gasteiger partial charge in [-0.15, -0.1) is 0 Å². The molecule has 1 saturated carbocycles. The van der Waals surface area contributed by atoms with Crippen LogP contribution in [0.4, 0.5) is 4.39 Å². The average Bonchev–Trinajstić information content (AvgIpc) is 3.22. The van der Waals surface area contributed by atoms with Crippen molar-refractivity contribution in [3.8, 4) is 0 Å². The molecule has 1 saturated heterocycles. The van der Waals surface area contributed by atoms with E-state index in [1.807, 2.05) is 0 Å². The maximum absolute atomic E-state index is 14.6. The molecule has 0 unspecified atom stereocenters. The van der Waals surface area contributed by atoms with Gasteiger partial charge in [-0.25, -0.2) is 9.37 Å². The maximum atomic E-state index is 14.6. The molecule has 4 rings (SSSR count). The number of aromatic amines is 1. The van der Waals surface area contributed by atoms with Gasteiger partial charge in [0.15, 0.2) is 0 Å². The lowest BCUT2D eigenvalue weighted by Crippen LogP contribution is -2.31. The number of aromatic nitrogens is 2. The summed E-state index contributed by atoms with van der Waals surface area (Å²) in [4.78, 5) is 13.4. The van der Waals surface area contributed by atoms with Crippen molar-refractivity contribution in [3.63, 3.8) is 0 Å². The Bertz CT molecular complexity index is 767. The number of benzene rings is 1. The van der Waals surface area contributed by atoms with E-state index in [0.29, 0.717) is 22.0 Å². The molecule has 0 bridgehead atoms. The van der Waals surface area contributed by atoms with Crippen molar-refractivity contribution in [2.45, 2.75) is 44.1 Å². The van der Waals surface area contributed by atoms with E-state index in [0.717, 1.165) is 25.0 Å². The Morgan fingerprint density at radius 3 is 2.79 bits per heavy atom. The number of hydroxylamine groups is 1. The number of hydrogen-bond donors (Lipinski definition) is 2. The molecule has 1 aromatic heterocycles.